The van der Waals surface area contributed by atoms with Crippen LogP contribution in [0, 0.1) is 23.7 Å². The zero-order valence-corrected chi connectivity index (χ0v) is 12.2. The van der Waals surface area contributed by atoms with Gasteiger partial charge in [-0.05, 0) is 56.4 Å². The second-order valence-corrected chi connectivity index (χ2v) is 7.31. The molecule has 3 saturated carbocycles. The molecule has 4 atom stereocenters. The zero-order chi connectivity index (χ0) is 12.4. The summed E-state index contributed by atoms with van der Waals surface area (Å²) in [6, 6.07) is 0.832. The minimum atomic E-state index is 0.832. The highest BCUT2D eigenvalue weighted by molar-refractivity contribution is 4.89. The lowest BCUT2D eigenvalue weighted by molar-refractivity contribution is 0.0987. The van der Waals surface area contributed by atoms with E-state index in [4.69, 9.17) is 0 Å². The molecule has 1 heteroatoms. The molecule has 0 aromatic rings. The summed E-state index contributed by atoms with van der Waals surface area (Å²) < 4.78 is 0. The normalized spacial score (nSPS) is 38.8. The number of fused-ring (bicyclic) bond motifs is 1. The van der Waals surface area contributed by atoms with Crippen LogP contribution in [0.15, 0.2) is 0 Å². The fraction of sp³-hybridized carbons (Fsp3) is 1.00. The highest BCUT2D eigenvalue weighted by Gasteiger charge is 2.36. The molecule has 0 amide bonds. The van der Waals surface area contributed by atoms with Crippen LogP contribution in [0.3, 0.4) is 0 Å². The maximum atomic E-state index is 3.67. The Kier molecular flexibility index (Phi) is 4.28. The third-order valence-corrected chi connectivity index (χ3v) is 6.33. The van der Waals surface area contributed by atoms with Gasteiger partial charge in [0.15, 0.2) is 0 Å². The van der Waals surface area contributed by atoms with Crippen LogP contribution < -0.4 is 5.32 Å². The average Bonchev–Trinajstić information content (AvgIpc) is 2.37. The lowest BCUT2D eigenvalue weighted by Crippen LogP contribution is -2.41. The fourth-order valence-corrected chi connectivity index (χ4v) is 4.91. The van der Waals surface area contributed by atoms with Gasteiger partial charge in [-0.25, -0.2) is 0 Å². The van der Waals surface area contributed by atoms with Gasteiger partial charge in [-0.3, -0.25) is 0 Å². The molecule has 3 rings (SSSR count). The molecule has 0 aliphatic heterocycles. The Morgan fingerprint density at radius 1 is 0.889 bits per heavy atom. The van der Waals surface area contributed by atoms with Gasteiger partial charge in [0.25, 0.3) is 0 Å². The molecule has 0 aromatic heterocycles. The molecule has 0 aromatic carbocycles. The molecule has 3 aliphatic rings. The van der Waals surface area contributed by atoms with E-state index in [1.54, 1.807) is 19.3 Å². The SMILES string of the molecule is CNC(CC1CCC1)C1CCC2CCCCC2C1. The molecule has 0 radical (unpaired) electrons. The third-order valence-electron chi connectivity index (χ3n) is 6.33. The van der Waals surface area contributed by atoms with Crippen molar-refractivity contribution in [2.45, 2.75) is 76.7 Å². The maximum Gasteiger partial charge on any atom is 0.00950 e. The van der Waals surface area contributed by atoms with E-state index in [9.17, 15) is 0 Å². The monoisotopic (exact) mass is 249 g/mol. The third kappa shape index (κ3) is 2.76. The van der Waals surface area contributed by atoms with Crippen LogP contribution in [0.1, 0.15) is 70.6 Å². The van der Waals surface area contributed by atoms with Gasteiger partial charge in [0.05, 0.1) is 0 Å². The molecule has 18 heavy (non-hydrogen) atoms. The highest BCUT2D eigenvalue weighted by atomic mass is 14.9. The van der Waals surface area contributed by atoms with Gasteiger partial charge in [-0.15, -0.1) is 0 Å². The lowest BCUT2D eigenvalue weighted by Gasteiger charge is -2.43. The topological polar surface area (TPSA) is 12.0 Å². The van der Waals surface area contributed by atoms with Gasteiger partial charge in [0.2, 0.25) is 0 Å². The Hall–Kier alpha value is -0.0400. The molecule has 3 aliphatic carbocycles. The van der Waals surface area contributed by atoms with E-state index in [0.29, 0.717) is 0 Å². The van der Waals surface area contributed by atoms with Crippen molar-refractivity contribution in [3.05, 3.63) is 0 Å². The molecule has 0 bridgehead atoms. The molecule has 4 unspecified atom stereocenters. The molecule has 1 nitrogen and oxygen atoms in total. The zero-order valence-electron chi connectivity index (χ0n) is 12.2. The van der Waals surface area contributed by atoms with Crippen molar-refractivity contribution in [3.8, 4) is 0 Å². The molecular weight excluding hydrogens is 218 g/mol. The van der Waals surface area contributed by atoms with Crippen LogP contribution >= 0.6 is 0 Å². The summed E-state index contributed by atoms with van der Waals surface area (Å²) >= 11 is 0. The molecule has 1 N–H and O–H groups in total. The molecule has 0 saturated heterocycles. The second kappa shape index (κ2) is 5.94. The van der Waals surface area contributed by atoms with Gasteiger partial charge in [-0.1, -0.05) is 44.9 Å². The largest absolute Gasteiger partial charge is 0.317 e. The molecule has 104 valence electrons. The average molecular weight is 249 g/mol. The van der Waals surface area contributed by atoms with Crippen LogP contribution in [-0.4, -0.2) is 13.1 Å². The van der Waals surface area contributed by atoms with Crippen molar-refractivity contribution in [2.75, 3.05) is 7.05 Å². The number of rotatable bonds is 4. The smallest absolute Gasteiger partial charge is 0.00950 e. The first kappa shape index (κ1) is 13.0. The summed E-state index contributed by atoms with van der Waals surface area (Å²) in [5.74, 6) is 4.26. The van der Waals surface area contributed by atoms with E-state index in [1.165, 1.54) is 51.4 Å². The summed E-state index contributed by atoms with van der Waals surface area (Å²) in [6.07, 6.45) is 16.7. The summed E-state index contributed by atoms with van der Waals surface area (Å²) in [6.45, 7) is 0. The van der Waals surface area contributed by atoms with Crippen molar-refractivity contribution >= 4 is 0 Å². The van der Waals surface area contributed by atoms with E-state index in [1.807, 2.05) is 0 Å². The minimum Gasteiger partial charge on any atom is -0.317 e. The molecular formula is C17H31N. The number of hydrogen-bond acceptors (Lipinski definition) is 1. The van der Waals surface area contributed by atoms with Crippen molar-refractivity contribution < 1.29 is 0 Å². The van der Waals surface area contributed by atoms with Gasteiger partial charge in [0, 0.05) is 6.04 Å². The first-order valence-electron chi connectivity index (χ1n) is 8.54. The quantitative estimate of drug-likeness (QED) is 0.780. The maximum absolute atomic E-state index is 3.67. The number of nitrogens with one attached hydrogen (secondary N) is 1. The summed E-state index contributed by atoms with van der Waals surface area (Å²) in [5, 5.41) is 3.67. The van der Waals surface area contributed by atoms with Crippen molar-refractivity contribution in [3.63, 3.8) is 0 Å². The van der Waals surface area contributed by atoms with E-state index >= 15 is 0 Å². The standard InChI is InChI=1S/C17H31N/c1-18-17(11-13-5-4-6-13)16-10-9-14-7-2-3-8-15(14)12-16/h13-18H,2-12H2,1H3. The minimum absolute atomic E-state index is 0.832. The summed E-state index contributed by atoms with van der Waals surface area (Å²) in [4.78, 5) is 0. The van der Waals surface area contributed by atoms with E-state index < -0.39 is 0 Å². The molecule has 0 heterocycles. The summed E-state index contributed by atoms with van der Waals surface area (Å²) in [7, 11) is 2.20. The van der Waals surface area contributed by atoms with Gasteiger partial charge in [-0.2, -0.15) is 0 Å². The van der Waals surface area contributed by atoms with Crippen LogP contribution in [0.4, 0.5) is 0 Å². The Morgan fingerprint density at radius 2 is 1.67 bits per heavy atom. The van der Waals surface area contributed by atoms with E-state index in [-0.39, 0.29) is 0 Å². The first-order valence-corrected chi connectivity index (χ1v) is 8.54. The van der Waals surface area contributed by atoms with Crippen molar-refractivity contribution in [2.24, 2.45) is 23.7 Å². The van der Waals surface area contributed by atoms with Crippen LogP contribution in [0.25, 0.3) is 0 Å². The van der Waals surface area contributed by atoms with Crippen LogP contribution in [0.2, 0.25) is 0 Å². The lowest BCUT2D eigenvalue weighted by atomic mass is 9.65. The molecule has 3 fully saturated rings. The highest BCUT2D eigenvalue weighted by Crippen LogP contribution is 2.44. The van der Waals surface area contributed by atoms with E-state index in [0.717, 1.165) is 29.7 Å². The molecule has 0 spiro atoms. The van der Waals surface area contributed by atoms with Gasteiger partial charge < -0.3 is 5.32 Å². The summed E-state index contributed by atoms with van der Waals surface area (Å²) in [5.41, 5.74) is 0. The Morgan fingerprint density at radius 3 is 2.33 bits per heavy atom. The van der Waals surface area contributed by atoms with Crippen LogP contribution in [-0.2, 0) is 0 Å². The van der Waals surface area contributed by atoms with Gasteiger partial charge >= 0.3 is 0 Å². The predicted octanol–water partition coefficient (Wildman–Crippen LogP) is 4.37. The van der Waals surface area contributed by atoms with Crippen LogP contribution in [0.5, 0.6) is 0 Å². The van der Waals surface area contributed by atoms with Crippen molar-refractivity contribution in [1.29, 1.82) is 0 Å². The first-order chi connectivity index (χ1) is 8.86. The van der Waals surface area contributed by atoms with E-state index in [2.05, 4.69) is 12.4 Å². The predicted molar refractivity (Wildman–Crippen MR) is 77.6 cm³/mol. The van der Waals surface area contributed by atoms with Gasteiger partial charge in [0.1, 0.15) is 0 Å². The van der Waals surface area contributed by atoms with Crippen molar-refractivity contribution in [1.82, 2.24) is 5.32 Å². The fourth-order valence-electron chi connectivity index (χ4n) is 4.91. The Labute approximate surface area is 113 Å². The Balaban J connectivity index is 1.54. The Bertz CT molecular complexity index is 258. The number of hydrogen-bond donors (Lipinski definition) is 1. The second-order valence-electron chi connectivity index (χ2n) is 7.31.